The average molecular weight is 472 g/mol. The molecule has 5 rings (SSSR count). The van der Waals surface area contributed by atoms with Crippen LogP contribution in [0.2, 0.25) is 0 Å². The fourth-order valence-corrected chi connectivity index (χ4v) is 4.86. The Kier molecular flexibility index (Phi) is 6.18. The smallest absolute Gasteiger partial charge is 0.262 e. The molecule has 0 aliphatic carbocycles. The first-order chi connectivity index (χ1) is 16.6. The Morgan fingerprint density at radius 1 is 1.03 bits per heavy atom. The molecule has 2 heterocycles. The van der Waals surface area contributed by atoms with Crippen LogP contribution in [0.1, 0.15) is 27.7 Å². The number of rotatable bonds is 6. The minimum absolute atomic E-state index is 0.147. The van der Waals surface area contributed by atoms with Crippen molar-refractivity contribution in [2.45, 2.75) is 16.9 Å². The van der Waals surface area contributed by atoms with E-state index in [0.29, 0.717) is 17.0 Å². The van der Waals surface area contributed by atoms with Crippen LogP contribution in [0.4, 0.5) is 15.8 Å². The Morgan fingerprint density at radius 2 is 1.82 bits per heavy atom. The summed E-state index contributed by atoms with van der Waals surface area (Å²) in [5.41, 5.74) is 3.82. The number of amides is 1. The molecule has 0 bridgehead atoms. The third-order valence-corrected chi connectivity index (χ3v) is 6.66. The van der Waals surface area contributed by atoms with Crippen LogP contribution in [0, 0.1) is 5.82 Å². The highest BCUT2D eigenvalue weighted by molar-refractivity contribution is 7.98. The molecule has 1 aliphatic rings. The monoisotopic (exact) mass is 471 g/mol. The van der Waals surface area contributed by atoms with Gasteiger partial charge >= 0.3 is 0 Å². The number of pyridine rings is 1. The zero-order valence-electron chi connectivity index (χ0n) is 18.4. The number of nitrogens with one attached hydrogen (secondary N) is 1. The van der Waals surface area contributed by atoms with E-state index in [1.807, 2.05) is 54.6 Å². The normalized spacial score (nSPS) is 14.9. The molecule has 0 saturated heterocycles. The summed E-state index contributed by atoms with van der Waals surface area (Å²) >= 11 is 1.61. The van der Waals surface area contributed by atoms with E-state index in [2.05, 4.69) is 10.3 Å². The number of halogens is 1. The van der Waals surface area contributed by atoms with Crippen LogP contribution in [0.25, 0.3) is 0 Å². The van der Waals surface area contributed by atoms with Crippen LogP contribution in [-0.2, 0) is 5.75 Å². The highest BCUT2D eigenvalue weighted by Crippen LogP contribution is 2.38. The standard InChI is InChI=1S/C27H22FN3O2S/c1-33-24-14-9-18(16-19(24)17-34-25-8-4-5-15-29-25)26-30-23-7-3-2-6-22(23)27(32)31(26)21-12-10-20(28)11-13-21/h2-16,26,30H,17H2,1H3/t26-/m0/s1. The number of benzene rings is 3. The molecule has 1 amide bonds. The van der Waals surface area contributed by atoms with Gasteiger partial charge in [0, 0.05) is 28.9 Å². The first-order valence-corrected chi connectivity index (χ1v) is 11.8. The minimum Gasteiger partial charge on any atom is -0.496 e. The summed E-state index contributed by atoms with van der Waals surface area (Å²) < 4.78 is 19.2. The fourth-order valence-electron chi connectivity index (χ4n) is 4.02. The quantitative estimate of drug-likeness (QED) is 0.335. The lowest BCUT2D eigenvalue weighted by Gasteiger charge is -2.38. The lowest BCUT2D eigenvalue weighted by molar-refractivity contribution is 0.0975. The van der Waals surface area contributed by atoms with E-state index < -0.39 is 6.17 Å². The minimum atomic E-state index is -0.475. The number of carbonyl (C=O) groups excluding carboxylic acids is 1. The van der Waals surface area contributed by atoms with Crippen molar-refractivity contribution in [3.05, 3.63) is 114 Å². The number of fused-ring (bicyclic) bond motifs is 1. The second-order valence-corrected chi connectivity index (χ2v) is 8.77. The molecule has 1 N–H and O–H groups in total. The molecular weight excluding hydrogens is 449 g/mol. The molecule has 0 unspecified atom stereocenters. The van der Waals surface area contributed by atoms with E-state index in [1.54, 1.807) is 48.2 Å². The van der Waals surface area contributed by atoms with Gasteiger partial charge in [-0.05, 0) is 66.2 Å². The number of nitrogens with zero attached hydrogens (tertiary/aromatic N) is 2. The van der Waals surface area contributed by atoms with Gasteiger partial charge in [-0.15, -0.1) is 11.8 Å². The molecule has 7 heteroatoms. The molecule has 0 spiro atoms. The molecular formula is C27H22FN3O2S. The maximum absolute atomic E-state index is 13.6. The van der Waals surface area contributed by atoms with Crippen LogP contribution in [0.15, 0.2) is 96.2 Å². The van der Waals surface area contributed by atoms with Gasteiger partial charge in [0.05, 0.1) is 17.7 Å². The Hall–Kier alpha value is -3.84. The van der Waals surface area contributed by atoms with Gasteiger partial charge in [0.2, 0.25) is 0 Å². The molecule has 5 nitrogen and oxygen atoms in total. The fraction of sp³-hybridized carbons (Fsp3) is 0.111. The van der Waals surface area contributed by atoms with Crippen molar-refractivity contribution in [2.75, 3.05) is 17.3 Å². The summed E-state index contributed by atoms with van der Waals surface area (Å²) in [5.74, 6) is 0.924. The second kappa shape index (κ2) is 9.57. The number of para-hydroxylation sites is 1. The highest BCUT2D eigenvalue weighted by atomic mass is 32.2. The van der Waals surface area contributed by atoms with E-state index in [-0.39, 0.29) is 11.7 Å². The van der Waals surface area contributed by atoms with Gasteiger partial charge in [0.1, 0.15) is 17.7 Å². The van der Waals surface area contributed by atoms with E-state index in [1.165, 1.54) is 12.1 Å². The van der Waals surface area contributed by atoms with Crippen molar-refractivity contribution in [1.82, 2.24) is 4.98 Å². The third-order valence-electron chi connectivity index (χ3n) is 5.66. The van der Waals surface area contributed by atoms with Gasteiger partial charge in [-0.3, -0.25) is 9.69 Å². The Labute approximate surface area is 201 Å². The van der Waals surface area contributed by atoms with Crippen molar-refractivity contribution < 1.29 is 13.9 Å². The van der Waals surface area contributed by atoms with Crippen molar-refractivity contribution >= 4 is 29.0 Å². The van der Waals surface area contributed by atoms with Gasteiger partial charge < -0.3 is 10.1 Å². The van der Waals surface area contributed by atoms with Crippen LogP contribution >= 0.6 is 11.8 Å². The zero-order chi connectivity index (χ0) is 23.5. The van der Waals surface area contributed by atoms with E-state index in [0.717, 1.165) is 27.6 Å². The average Bonchev–Trinajstić information content (AvgIpc) is 2.88. The third kappa shape index (κ3) is 4.34. The zero-order valence-corrected chi connectivity index (χ0v) is 19.3. The number of ether oxygens (including phenoxy) is 1. The Balaban J connectivity index is 1.54. The van der Waals surface area contributed by atoms with Gasteiger partial charge in [0.15, 0.2) is 0 Å². The molecule has 4 aromatic rings. The predicted octanol–water partition coefficient (Wildman–Crippen LogP) is 6.29. The SMILES string of the molecule is COc1ccc([C@H]2Nc3ccccc3C(=O)N2c2ccc(F)cc2)cc1CSc1ccccn1. The largest absolute Gasteiger partial charge is 0.496 e. The summed E-state index contributed by atoms with van der Waals surface area (Å²) in [6.45, 7) is 0. The van der Waals surface area contributed by atoms with Crippen LogP contribution in [0.5, 0.6) is 5.75 Å². The molecule has 1 atom stereocenters. The summed E-state index contributed by atoms with van der Waals surface area (Å²) in [6, 6.07) is 25.1. The lowest BCUT2D eigenvalue weighted by atomic mass is 10.0. The van der Waals surface area contributed by atoms with E-state index >= 15 is 0 Å². The lowest BCUT2D eigenvalue weighted by Crippen LogP contribution is -2.43. The molecule has 0 saturated carbocycles. The second-order valence-electron chi connectivity index (χ2n) is 7.77. The number of anilines is 2. The molecule has 3 aromatic carbocycles. The van der Waals surface area contributed by atoms with Gasteiger partial charge in [0.25, 0.3) is 5.91 Å². The van der Waals surface area contributed by atoms with Crippen molar-refractivity contribution in [2.24, 2.45) is 0 Å². The first kappa shape index (κ1) is 22.0. The maximum atomic E-state index is 13.6. The van der Waals surface area contributed by atoms with Crippen LogP contribution in [-0.4, -0.2) is 18.0 Å². The molecule has 1 aromatic heterocycles. The van der Waals surface area contributed by atoms with Crippen molar-refractivity contribution in [3.63, 3.8) is 0 Å². The van der Waals surface area contributed by atoms with Crippen LogP contribution in [0.3, 0.4) is 0 Å². The van der Waals surface area contributed by atoms with Crippen molar-refractivity contribution in [1.29, 1.82) is 0 Å². The number of thioether (sulfide) groups is 1. The number of carbonyl (C=O) groups is 1. The van der Waals surface area contributed by atoms with Crippen molar-refractivity contribution in [3.8, 4) is 5.75 Å². The molecule has 1 aliphatic heterocycles. The van der Waals surface area contributed by atoms with E-state index in [4.69, 9.17) is 4.74 Å². The van der Waals surface area contributed by atoms with Gasteiger partial charge in [-0.1, -0.05) is 24.3 Å². The number of hydrogen-bond acceptors (Lipinski definition) is 5. The number of methoxy groups -OCH3 is 1. The highest BCUT2D eigenvalue weighted by Gasteiger charge is 2.34. The molecule has 34 heavy (non-hydrogen) atoms. The summed E-state index contributed by atoms with van der Waals surface area (Å²) in [5, 5.41) is 4.42. The maximum Gasteiger partial charge on any atom is 0.262 e. The molecule has 0 fully saturated rings. The number of aromatic nitrogens is 1. The Morgan fingerprint density at radius 3 is 2.59 bits per heavy atom. The molecule has 0 radical (unpaired) electrons. The summed E-state index contributed by atoms with van der Waals surface area (Å²) in [7, 11) is 1.65. The first-order valence-electron chi connectivity index (χ1n) is 10.8. The van der Waals surface area contributed by atoms with E-state index in [9.17, 15) is 9.18 Å². The van der Waals surface area contributed by atoms with Gasteiger partial charge in [-0.25, -0.2) is 9.37 Å². The summed E-state index contributed by atoms with van der Waals surface area (Å²) in [6.07, 6.45) is 1.29. The van der Waals surface area contributed by atoms with Gasteiger partial charge in [-0.2, -0.15) is 0 Å². The number of hydrogen-bond donors (Lipinski definition) is 1. The predicted molar refractivity (Wildman–Crippen MR) is 133 cm³/mol. The molecule has 170 valence electrons. The van der Waals surface area contributed by atoms with Crippen LogP contribution < -0.4 is 15.0 Å². The Bertz CT molecular complexity index is 1320. The topological polar surface area (TPSA) is 54.5 Å². The summed E-state index contributed by atoms with van der Waals surface area (Å²) in [4.78, 5) is 19.6.